The van der Waals surface area contributed by atoms with E-state index in [-0.39, 0.29) is 0 Å². The highest BCUT2D eigenvalue weighted by molar-refractivity contribution is 5.82. The molecule has 26 heavy (non-hydrogen) atoms. The van der Waals surface area contributed by atoms with E-state index in [1.54, 1.807) is 0 Å². The zero-order chi connectivity index (χ0) is 17.9. The molecule has 0 saturated heterocycles. The molecule has 0 bridgehead atoms. The fourth-order valence-electron chi connectivity index (χ4n) is 3.32. The first-order valence-corrected chi connectivity index (χ1v) is 9.31. The summed E-state index contributed by atoms with van der Waals surface area (Å²) in [5.41, 5.74) is 7.09. The fraction of sp³-hybridized carbons (Fsp3) is 0.160. The van der Waals surface area contributed by atoms with Crippen LogP contribution in [0.25, 0.3) is 33.3 Å². The van der Waals surface area contributed by atoms with Crippen molar-refractivity contribution in [3.63, 3.8) is 0 Å². The van der Waals surface area contributed by atoms with Crippen molar-refractivity contribution in [1.29, 1.82) is 0 Å². The van der Waals surface area contributed by atoms with E-state index in [9.17, 15) is 0 Å². The average molecular weight is 337 g/mol. The van der Waals surface area contributed by atoms with Gasteiger partial charge in [-0.2, -0.15) is 0 Å². The molecule has 0 N–H and O–H groups in total. The van der Waals surface area contributed by atoms with Gasteiger partial charge in [0.15, 0.2) is 0 Å². The normalized spacial score (nSPS) is 12.2. The van der Waals surface area contributed by atoms with Crippen molar-refractivity contribution in [2.24, 2.45) is 0 Å². The third-order valence-corrected chi connectivity index (χ3v) is 5.18. The Morgan fingerprint density at radius 1 is 0.731 bits per heavy atom. The molecule has 1 unspecified atom stereocenters. The number of pyridine rings is 1. The van der Waals surface area contributed by atoms with Gasteiger partial charge in [0.05, 0.1) is 11.2 Å². The average Bonchev–Trinajstić information content (AvgIpc) is 2.73. The summed E-state index contributed by atoms with van der Waals surface area (Å²) in [6, 6.07) is 30.1. The van der Waals surface area contributed by atoms with Gasteiger partial charge in [-0.25, -0.2) is 4.98 Å². The third-order valence-electron chi connectivity index (χ3n) is 5.18. The predicted octanol–water partition coefficient (Wildman–Crippen LogP) is 7.08. The zero-order valence-corrected chi connectivity index (χ0v) is 15.3. The number of aromatic nitrogens is 1. The van der Waals surface area contributed by atoms with Crippen LogP contribution in [0.5, 0.6) is 0 Å². The monoisotopic (exact) mass is 337 g/mol. The molecule has 0 radical (unpaired) electrons. The summed E-state index contributed by atoms with van der Waals surface area (Å²) in [6.45, 7) is 4.51. The number of hydrogen-bond acceptors (Lipinski definition) is 1. The molecule has 0 fully saturated rings. The standard InChI is InChI=1S/C25H23N/c1-3-18(2)19-11-13-20(14-12-19)22-8-6-9-23(17-22)25-16-15-21-7-4-5-10-24(21)26-25/h4-18H,3H2,1-2H3. The molecule has 3 aromatic carbocycles. The first-order chi connectivity index (χ1) is 12.7. The molecule has 1 nitrogen and oxygen atoms in total. The molecule has 1 aromatic heterocycles. The first kappa shape index (κ1) is 16.5. The molecule has 1 heterocycles. The van der Waals surface area contributed by atoms with E-state index < -0.39 is 0 Å². The van der Waals surface area contributed by atoms with Crippen LogP contribution in [0.15, 0.2) is 84.9 Å². The Bertz CT molecular complexity index is 1030. The lowest BCUT2D eigenvalue weighted by molar-refractivity contribution is 0.734. The van der Waals surface area contributed by atoms with Crippen molar-refractivity contribution >= 4 is 10.9 Å². The molecule has 1 heteroatoms. The lowest BCUT2D eigenvalue weighted by Crippen LogP contribution is -1.91. The molecule has 128 valence electrons. The Kier molecular flexibility index (Phi) is 4.53. The minimum Gasteiger partial charge on any atom is -0.248 e. The van der Waals surface area contributed by atoms with Gasteiger partial charge in [0.25, 0.3) is 0 Å². The smallest absolute Gasteiger partial charge is 0.0709 e. The van der Waals surface area contributed by atoms with Crippen molar-refractivity contribution in [2.75, 3.05) is 0 Å². The van der Waals surface area contributed by atoms with Crippen LogP contribution in [0.4, 0.5) is 0 Å². The summed E-state index contributed by atoms with van der Waals surface area (Å²) in [5, 5.41) is 1.17. The van der Waals surface area contributed by atoms with E-state index in [2.05, 4.69) is 86.6 Å². The molecule has 0 aliphatic heterocycles. The van der Waals surface area contributed by atoms with Gasteiger partial charge in [-0.15, -0.1) is 0 Å². The first-order valence-electron chi connectivity index (χ1n) is 9.31. The molecular weight excluding hydrogens is 314 g/mol. The highest BCUT2D eigenvalue weighted by Gasteiger charge is 2.06. The highest BCUT2D eigenvalue weighted by atomic mass is 14.7. The quantitative estimate of drug-likeness (QED) is 0.387. The van der Waals surface area contributed by atoms with Gasteiger partial charge in [-0.05, 0) is 47.2 Å². The van der Waals surface area contributed by atoms with Crippen LogP contribution in [-0.4, -0.2) is 4.98 Å². The summed E-state index contributed by atoms with van der Waals surface area (Å²) < 4.78 is 0. The summed E-state index contributed by atoms with van der Waals surface area (Å²) >= 11 is 0. The molecule has 4 aromatic rings. The summed E-state index contributed by atoms with van der Waals surface area (Å²) in [7, 11) is 0. The molecule has 0 aliphatic carbocycles. The summed E-state index contributed by atoms with van der Waals surface area (Å²) in [5.74, 6) is 0.609. The van der Waals surface area contributed by atoms with E-state index in [4.69, 9.17) is 4.98 Å². The van der Waals surface area contributed by atoms with Crippen LogP contribution in [-0.2, 0) is 0 Å². The highest BCUT2D eigenvalue weighted by Crippen LogP contribution is 2.28. The molecule has 4 rings (SSSR count). The maximum Gasteiger partial charge on any atom is 0.0709 e. The Morgan fingerprint density at radius 3 is 2.31 bits per heavy atom. The molecule has 1 atom stereocenters. The van der Waals surface area contributed by atoms with Crippen LogP contribution in [0.1, 0.15) is 31.7 Å². The van der Waals surface area contributed by atoms with Crippen LogP contribution < -0.4 is 0 Å². The number of rotatable bonds is 4. The second kappa shape index (κ2) is 7.13. The van der Waals surface area contributed by atoms with E-state index in [0.29, 0.717) is 5.92 Å². The number of nitrogens with zero attached hydrogens (tertiary/aromatic N) is 1. The predicted molar refractivity (Wildman–Crippen MR) is 111 cm³/mol. The topological polar surface area (TPSA) is 12.9 Å². The van der Waals surface area contributed by atoms with Gasteiger partial charge in [-0.3, -0.25) is 0 Å². The van der Waals surface area contributed by atoms with E-state index in [1.165, 1.54) is 28.5 Å². The Hall–Kier alpha value is -2.93. The molecule has 0 spiro atoms. The van der Waals surface area contributed by atoms with Crippen LogP contribution in [0, 0.1) is 0 Å². The number of hydrogen-bond donors (Lipinski definition) is 0. The lowest BCUT2D eigenvalue weighted by Gasteiger charge is -2.11. The number of para-hydroxylation sites is 1. The van der Waals surface area contributed by atoms with E-state index in [0.717, 1.165) is 16.8 Å². The number of fused-ring (bicyclic) bond motifs is 1. The van der Waals surface area contributed by atoms with Gasteiger partial charge >= 0.3 is 0 Å². The Balaban J connectivity index is 1.69. The summed E-state index contributed by atoms with van der Waals surface area (Å²) in [6.07, 6.45) is 1.17. The van der Waals surface area contributed by atoms with Crippen molar-refractivity contribution in [2.45, 2.75) is 26.2 Å². The van der Waals surface area contributed by atoms with E-state index >= 15 is 0 Å². The van der Waals surface area contributed by atoms with Crippen molar-refractivity contribution in [1.82, 2.24) is 4.98 Å². The fourth-order valence-corrected chi connectivity index (χ4v) is 3.32. The van der Waals surface area contributed by atoms with Crippen LogP contribution in [0.3, 0.4) is 0 Å². The maximum absolute atomic E-state index is 4.83. The Labute approximate surface area is 155 Å². The van der Waals surface area contributed by atoms with Gasteiger partial charge in [0, 0.05) is 10.9 Å². The maximum atomic E-state index is 4.83. The SMILES string of the molecule is CCC(C)c1ccc(-c2cccc(-c3ccc4ccccc4n3)c2)cc1. The summed E-state index contributed by atoms with van der Waals surface area (Å²) in [4.78, 5) is 4.83. The van der Waals surface area contributed by atoms with Crippen molar-refractivity contribution in [3.05, 3.63) is 90.5 Å². The van der Waals surface area contributed by atoms with Gasteiger partial charge in [0.1, 0.15) is 0 Å². The van der Waals surface area contributed by atoms with Crippen LogP contribution in [0.2, 0.25) is 0 Å². The largest absolute Gasteiger partial charge is 0.248 e. The lowest BCUT2D eigenvalue weighted by atomic mass is 9.95. The zero-order valence-electron chi connectivity index (χ0n) is 15.3. The van der Waals surface area contributed by atoms with Gasteiger partial charge in [0.2, 0.25) is 0 Å². The Morgan fingerprint density at radius 2 is 1.50 bits per heavy atom. The minimum atomic E-state index is 0.609. The molecular formula is C25H23N. The van der Waals surface area contributed by atoms with E-state index in [1.807, 2.05) is 12.1 Å². The van der Waals surface area contributed by atoms with Gasteiger partial charge in [-0.1, -0.05) is 80.6 Å². The van der Waals surface area contributed by atoms with Crippen LogP contribution >= 0.6 is 0 Å². The van der Waals surface area contributed by atoms with Crippen molar-refractivity contribution < 1.29 is 0 Å². The second-order valence-electron chi connectivity index (χ2n) is 6.90. The minimum absolute atomic E-state index is 0.609. The molecule has 0 amide bonds. The number of benzene rings is 3. The molecule has 0 aliphatic rings. The van der Waals surface area contributed by atoms with Gasteiger partial charge < -0.3 is 0 Å². The third kappa shape index (κ3) is 3.25. The van der Waals surface area contributed by atoms with Crippen molar-refractivity contribution in [3.8, 4) is 22.4 Å². The second-order valence-corrected chi connectivity index (χ2v) is 6.90. The molecule has 0 saturated carbocycles.